The van der Waals surface area contributed by atoms with Gasteiger partial charge in [0.1, 0.15) is 0 Å². The normalized spacial score (nSPS) is 14.6. The quantitative estimate of drug-likeness (QED) is 0.916. The smallest absolute Gasteiger partial charge is 0.175 e. The molecule has 0 fully saturated rings. The summed E-state index contributed by atoms with van der Waals surface area (Å²) in [6.45, 7) is 5.94. The van der Waals surface area contributed by atoms with Crippen LogP contribution in [0.5, 0.6) is 11.5 Å². The number of hydrogen-bond donors (Lipinski definition) is 1. The van der Waals surface area contributed by atoms with Crippen LogP contribution < -0.4 is 9.47 Å². The van der Waals surface area contributed by atoms with E-state index in [1.165, 1.54) is 11.1 Å². The SMILES string of the molecule is CC(C)c1c(CCCO)cc(Br)c2c1OCCCO2. The maximum absolute atomic E-state index is 9.04. The van der Waals surface area contributed by atoms with E-state index in [1.54, 1.807) is 0 Å². The van der Waals surface area contributed by atoms with Gasteiger partial charge in [0.25, 0.3) is 0 Å². The van der Waals surface area contributed by atoms with Crippen LogP contribution in [0.1, 0.15) is 43.7 Å². The van der Waals surface area contributed by atoms with Gasteiger partial charge in [-0.2, -0.15) is 0 Å². The van der Waals surface area contributed by atoms with Gasteiger partial charge in [-0.3, -0.25) is 0 Å². The fraction of sp³-hybridized carbons (Fsp3) is 0.600. The second kappa shape index (κ2) is 6.62. The molecule has 0 saturated carbocycles. The molecule has 4 heteroatoms. The molecular formula is C15H21BrO3. The lowest BCUT2D eigenvalue weighted by Gasteiger charge is -2.20. The number of rotatable bonds is 4. The molecule has 3 nitrogen and oxygen atoms in total. The van der Waals surface area contributed by atoms with Crippen molar-refractivity contribution in [1.29, 1.82) is 0 Å². The summed E-state index contributed by atoms with van der Waals surface area (Å²) in [5.74, 6) is 2.08. The Hall–Kier alpha value is -0.740. The van der Waals surface area contributed by atoms with Crippen molar-refractivity contribution >= 4 is 15.9 Å². The van der Waals surface area contributed by atoms with Crippen LogP contribution in [0.4, 0.5) is 0 Å². The van der Waals surface area contributed by atoms with Crippen LogP contribution in [0.2, 0.25) is 0 Å². The molecule has 1 aliphatic heterocycles. The Kier molecular flexibility index (Phi) is 5.11. The van der Waals surface area contributed by atoms with Crippen molar-refractivity contribution in [2.75, 3.05) is 19.8 Å². The zero-order valence-electron chi connectivity index (χ0n) is 11.5. The summed E-state index contributed by atoms with van der Waals surface area (Å²) in [4.78, 5) is 0. The van der Waals surface area contributed by atoms with Crippen LogP contribution in [0, 0.1) is 0 Å². The maximum atomic E-state index is 9.04. The van der Waals surface area contributed by atoms with Gasteiger partial charge in [-0.15, -0.1) is 0 Å². The Balaban J connectivity index is 2.50. The van der Waals surface area contributed by atoms with Crippen molar-refractivity contribution in [2.45, 2.75) is 39.0 Å². The van der Waals surface area contributed by atoms with E-state index in [0.29, 0.717) is 19.1 Å². The van der Waals surface area contributed by atoms with E-state index in [2.05, 4.69) is 35.8 Å². The van der Waals surface area contributed by atoms with E-state index in [1.807, 2.05) is 0 Å². The zero-order valence-corrected chi connectivity index (χ0v) is 13.1. The predicted octanol–water partition coefficient (Wildman–Crippen LogP) is 3.66. The van der Waals surface area contributed by atoms with Crippen molar-refractivity contribution in [3.05, 3.63) is 21.7 Å². The second-order valence-electron chi connectivity index (χ2n) is 5.12. The van der Waals surface area contributed by atoms with Gasteiger partial charge in [-0.05, 0) is 46.3 Å². The first kappa shape index (κ1) is 14.7. The highest BCUT2D eigenvalue weighted by atomic mass is 79.9. The minimum atomic E-state index is 0.212. The number of fused-ring (bicyclic) bond motifs is 1. The molecule has 0 saturated heterocycles. The lowest BCUT2D eigenvalue weighted by Crippen LogP contribution is -2.05. The lowest BCUT2D eigenvalue weighted by molar-refractivity contribution is 0.287. The van der Waals surface area contributed by atoms with Gasteiger partial charge in [0.15, 0.2) is 11.5 Å². The van der Waals surface area contributed by atoms with Crippen LogP contribution in [0.15, 0.2) is 10.5 Å². The standard InChI is InChI=1S/C15H21BrO3/c1-10(2)13-11(5-3-6-17)9-12(16)14-15(13)19-8-4-7-18-14/h9-10,17H,3-8H2,1-2H3. The number of aryl methyl sites for hydroxylation is 1. The molecule has 0 aromatic heterocycles. The number of aliphatic hydroxyl groups excluding tert-OH is 1. The van der Waals surface area contributed by atoms with Crippen molar-refractivity contribution in [2.24, 2.45) is 0 Å². The first-order chi connectivity index (χ1) is 9.15. The van der Waals surface area contributed by atoms with Crippen LogP contribution >= 0.6 is 15.9 Å². The lowest BCUT2D eigenvalue weighted by atomic mass is 9.93. The number of halogens is 1. The Morgan fingerprint density at radius 1 is 1.26 bits per heavy atom. The highest BCUT2D eigenvalue weighted by Crippen LogP contribution is 2.44. The first-order valence-electron chi connectivity index (χ1n) is 6.87. The summed E-state index contributed by atoms with van der Waals surface area (Å²) < 4.78 is 12.7. The molecule has 1 aromatic rings. The Morgan fingerprint density at radius 3 is 2.58 bits per heavy atom. The third kappa shape index (κ3) is 3.23. The largest absolute Gasteiger partial charge is 0.489 e. The van der Waals surface area contributed by atoms with Gasteiger partial charge < -0.3 is 14.6 Å². The average Bonchev–Trinajstić information content (AvgIpc) is 2.61. The molecule has 1 heterocycles. The second-order valence-corrected chi connectivity index (χ2v) is 5.98. The van der Waals surface area contributed by atoms with Crippen molar-refractivity contribution < 1.29 is 14.6 Å². The molecule has 1 aromatic carbocycles. The molecular weight excluding hydrogens is 308 g/mol. The molecule has 0 spiro atoms. The molecule has 0 radical (unpaired) electrons. The van der Waals surface area contributed by atoms with E-state index in [-0.39, 0.29) is 6.61 Å². The monoisotopic (exact) mass is 328 g/mol. The summed E-state index contributed by atoms with van der Waals surface area (Å²) in [7, 11) is 0. The topological polar surface area (TPSA) is 38.7 Å². The summed E-state index contributed by atoms with van der Waals surface area (Å²) in [6, 6.07) is 2.11. The Bertz CT molecular complexity index is 444. The number of ether oxygens (including phenoxy) is 2. The highest BCUT2D eigenvalue weighted by molar-refractivity contribution is 9.10. The van der Waals surface area contributed by atoms with Gasteiger partial charge in [-0.25, -0.2) is 0 Å². The van der Waals surface area contributed by atoms with Crippen LogP contribution in [0.3, 0.4) is 0 Å². The van der Waals surface area contributed by atoms with E-state index < -0.39 is 0 Å². The summed E-state index contributed by atoms with van der Waals surface area (Å²) in [5.41, 5.74) is 2.45. The zero-order chi connectivity index (χ0) is 13.8. The molecule has 106 valence electrons. The fourth-order valence-electron chi connectivity index (χ4n) is 2.47. The molecule has 1 aliphatic rings. The van der Waals surface area contributed by atoms with Gasteiger partial charge in [0, 0.05) is 18.6 Å². The third-order valence-electron chi connectivity index (χ3n) is 3.28. The van der Waals surface area contributed by atoms with Crippen LogP contribution in [0.25, 0.3) is 0 Å². The van der Waals surface area contributed by atoms with Crippen molar-refractivity contribution in [3.63, 3.8) is 0 Å². The molecule has 0 aliphatic carbocycles. The van der Waals surface area contributed by atoms with Crippen molar-refractivity contribution in [3.8, 4) is 11.5 Å². The van der Waals surface area contributed by atoms with Gasteiger partial charge in [-0.1, -0.05) is 13.8 Å². The van der Waals surface area contributed by atoms with E-state index in [9.17, 15) is 0 Å². The summed E-state index contributed by atoms with van der Waals surface area (Å²) in [6.07, 6.45) is 2.54. The molecule has 2 rings (SSSR count). The van der Waals surface area contributed by atoms with Gasteiger partial charge in [0.05, 0.1) is 17.7 Å². The molecule has 19 heavy (non-hydrogen) atoms. The van der Waals surface area contributed by atoms with E-state index in [4.69, 9.17) is 14.6 Å². The average molecular weight is 329 g/mol. The molecule has 0 unspecified atom stereocenters. The minimum Gasteiger partial charge on any atom is -0.489 e. The summed E-state index contributed by atoms with van der Waals surface area (Å²) in [5, 5.41) is 9.04. The third-order valence-corrected chi connectivity index (χ3v) is 3.87. The molecule has 0 atom stereocenters. The van der Waals surface area contributed by atoms with Gasteiger partial charge >= 0.3 is 0 Å². The summed E-state index contributed by atoms with van der Waals surface area (Å²) >= 11 is 3.58. The molecule has 0 bridgehead atoms. The predicted molar refractivity (Wildman–Crippen MR) is 79.2 cm³/mol. The van der Waals surface area contributed by atoms with Crippen LogP contribution in [-0.4, -0.2) is 24.9 Å². The number of benzene rings is 1. The Morgan fingerprint density at radius 2 is 1.95 bits per heavy atom. The maximum Gasteiger partial charge on any atom is 0.175 e. The first-order valence-corrected chi connectivity index (χ1v) is 7.66. The van der Waals surface area contributed by atoms with Crippen molar-refractivity contribution in [1.82, 2.24) is 0 Å². The molecule has 1 N–H and O–H groups in total. The minimum absolute atomic E-state index is 0.212. The number of hydrogen-bond acceptors (Lipinski definition) is 3. The molecule has 0 amide bonds. The highest BCUT2D eigenvalue weighted by Gasteiger charge is 2.23. The number of aliphatic hydroxyl groups is 1. The fourth-order valence-corrected chi connectivity index (χ4v) is 3.04. The van der Waals surface area contributed by atoms with E-state index >= 15 is 0 Å². The van der Waals surface area contributed by atoms with Gasteiger partial charge in [0.2, 0.25) is 0 Å². The van der Waals surface area contributed by atoms with E-state index in [0.717, 1.165) is 35.2 Å². The Labute approximate surface area is 123 Å². The van der Waals surface area contributed by atoms with Crippen LogP contribution in [-0.2, 0) is 6.42 Å².